The van der Waals surface area contributed by atoms with Crippen LogP contribution in [0.3, 0.4) is 0 Å². The monoisotopic (exact) mass is 342 g/mol. The van der Waals surface area contributed by atoms with E-state index in [-0.39, 0.29) is 0 Å². The van der Waals surface area contributed by atoms with Gasteiger partial charge in [0.15, 0.2) is 5.65 Å². The zero-order chi connectivity index (χ0) is 18.3. The van der Waals surface area contributed by atoms with Gasteiger partial charge in [-0.3, -0.25) is 0 Å². The van der Waals surface area contributed by atoms with Crippen molar-refractivity contribution < 1.29 is 0 Å². The van der Waals surface area contributed by atoms with Gasteiger partial charge >= 0.3 is 0 Å². The van der Waals surface area contributed by atoms with Gasteiger partial charge in [-0.15, -0.1) is 0 Å². The number of hydrogen-bond donors (Lipinski definition) is 1. The lowest BCUT2D eigenvalue weighted by Gasteiger charge is -2.11. The summed E-state index contributed by atoms with van der Waals surface area (Å²) < 4.78 is 1.91. The molecule has 4 rings (SSSR count). The van der Waals surface area contributed by atoms with Gasteiger partial charge in [-0.2, -0.15) is 9.61 Å². The van der Waals surface area contributed by atoms with Crippen molar-refractivity contribution in [1.82, 2.24) is 14.6 Å². The molecule has 0 aliphatic carbocycles. The molecule has 1 N–H and O–H groups in total. The topological polar surface area (TPSA) is 42.2 Å². The maximum absolute atomic E-state index is 4.86. The number of nitrogens with zero attached hydrogens (tertiary/aromatic N) is 3. The van der Waals surface area contributed by atoms with E-state index in [1.807, 2.05) is 35.7 Å². The molecule has 2 heterocycles. The van der Waals surface area contributed by atoms with E-state index < -0.39 is 0 Å². The van der Waals surface area contributed by atoms with E-state index in [9.17, 15) is 0 Å². The number of aryl methyl sites for hydroxylation is 4. The third-order valence-electron chi connectivity index (χ3n) is 4.49. The van der Waals surface area contributed by atoms with E-state index in [0.717, 1.165) is 39.7 Å². The molecular formula is C22H22N4. The Kier molecular flexibility index (Phi) is 3.96. The average Bonchev–Trinajstić information content (AvgIpc) is 2.92. The van der Waals surface area contributed by atoms with Gasteiger partial charge in [0, 0.05) is 28.6 Å². The molecule has 26 heavy (non-hydrogen) atoms. The number of rotatable bonds is 3. The number of aromatic nitrogens is 3. The molecule has 0 bridgehead atoms. The minimum absolute atomic E-state index is 0.885. The minimum Gasteiger partial charge on any atom is -0.340 e. The van der Waals surface area contributed by atoms with E-state index in [2.05, 4.69) is 56.4 Å². The summed E-state index contributed by atoms with van der Waals surface area (Å²) in [5.74, 6) is 0.919. The van der Waals surface area contributed by atoms with Crippen LogP contribution in [-0.2, 0) is 0 Å². The molecule has 4 nitrogen and oxygen atoms in total. The Morgan fingerprint density at radius 2 is 1.54 bits per heavy atom. The molecule has 0 saturated heterocycles. The average molecular weight is 342 g/mol. The summed E-state index contributed by atoms with van der Waals surface area (Å²) in [6.45, 7) is 8.31. The van der Waals surface area contributed by atoms with E-state index in [0.29, 0.717) is 0 Å². The standard InChI is InChI=1S/C22H22N4/c1-14-10-15(2)12-19(11-14)24-20-13-16(3)23-22-17(4)21(25-26(20)22)18-8-6-5-7-9-18/h5-13,24H,1-4H3. The van der Waals surface area contributed by atoms with Gasteiger partial charge in [0.05, 0.1) is 5.69 Å². The Labute approximate surface area is 153 Å². The van der Waals surface area contributed by atoms with Crippen molar-refractivity contribution in [3.63, 3.8) is 0 Å². The Hall–Kier alpha value is -3.14. The highest BCUT2D eigenvalue weighted by atomic mass is 15.3. The first kappa shape index (κ1) is 16.3. The number of anilines is 2. The van der Waals surface area contributed by atoms with Crippen LogP contribution < -0.4 is 5.32 Å². The van der Waals surface area contributed by atoms with Gasteiger partial charge in [-0.25, -0.2) is 4.98 Å². The van der Waals surface area contributed by atoms with Gasteiger partial charge < -0.3 is 5.32 Å². The van der Waals surface area contributed by atoms with Crippen molar-refractivity contribution in [2.75, 3.05) is 5.32 Å². The van der Waals surface area contributed by atoms with Crippen molar-refractivity contribution in [3.8, 4) is 11.3 Å². The lowest BCUT2D eigenvalue weighted by Crippen LogP contribution is -2.03. The zero-order valence-corrected chi connectivity index (χ0v) is 15.5. The fourth-order valence-corrected chi connectivity index (χ4v) is 3.40. The summed E-state index contributed by atoms with van der Waals surface area (Å²) in [7, 11) is 0. The van der Waals surface area contributed by atoms with E-state index >= 15 is 0 Å². The van der Waals surface area contributed by atoms with E-state index in [1.54, 1.807) is 0 Å². The third-order valence-corrected chi connectivity index (χ3v) is 4.49. The number of hydrogen-bond acceptors (Lipinski definition) is 3. The Morgan fingerprint density at radius 1 is 0.846 bits per heavy atom. The molecule has 0 unspecified atom stereocenters. The summed E-state index contributed by atoms with van der Waals surface area (Å²) in [4.78, 5) is 4.72. The van der Waals surface area contributed by atoms with Crippen LogP contribution in [0, 0.1) is 27.7 Å². The molecule has 0 atom stereocenters. The molecule has 0 fully saturated rings. The summed E-state index contributed by atoms with van der Waals surface area (Å²) in [5.41, 5.74) is 8.53. The molecular weight excluding hydrogens is 320 g/mol. The molecule has 2 aromatic carbocycles. The van der Waals surface area contributed by atoms with Gasteiger partial charge in [-0.05, 0) is 51.0 Å². The van der Waals surface area contributed by atoms with Crippen molar-refractivity contribution >= 4 is 17.2 Å². The highest BCUT2D eigenvalue weighted by Gasteiger charge is 2.15. The minimum atomic E-state index is 0.885. The second-order valence-corrected chi connectivity index (χ2v) is 6.86. The van der Waals surface area contributed by atoms with Crippen molar-refractivity contribution in [1.29, 1.82) is 0 Å². The molecule has 0 aliphatic heterocycles. The number of fused-ring (bicyclic) bond motifs is 1. The van der Waals surface area contributed by atoms with E-state index in [1.165, 1.54) is 11.1 Å². The SMILES string of the molecule is Cc1cc(C)cc(Nc2cc(C)nc3c(C)c(-c4ccccc4)nn23)c1. The predicted molar refractivity (Wildman–Crippen MR) is 107 cm³/mol. The van der Waals surface area contributed by atoms with Gasteiger partial charge in [-0.1, -0.05) is 36.4 Å². The highest BCUT2D eigenvalue weighted by Crippen LogP contribution is 2.28. The van der Waals surface area contributed by atoms with Crippen molar-refractivity contribution in [2.24, 2.45) is 0 Å². The van der Waals surface area contributed by atoms with Crippen LogP contribution in [0.25, 0.3) is 16.9 Å². The van der Waals surface area contributed by atoms with E-state index in [4.69, 9.17) is 10.1 Å². The molecule has 4 aromatic rings. The fourth-order valence-electron chi connectivity index (χ4n) is 3.40. The second kappa shape index (κ2) is 6.30. The molecule has 4 heteroatoms. The molecule has 0 saturated carbocycles. The Balaban J connectivity index is 1.87. The van der Waals surface area contributed by atoms with Crippen LogP contribution in [0.4, 0.5) is 11.5 Å². The summed E-state index contributed by atoms with van der Waals surface area (Å²) in [6, 6.07) is 18.7. The van der Waals surface area contributed by atoms with Crippen LogP contribution >= 0.6 is 0 Å². The van der Waals surface area contributed by atoms with Gasteiger partial charge in [0.2, 0.25) is 0 Å². The van der Waals surface area contributed by atoms with Crippen molar-refractivity contribution in [3.05, 3.63) is 77.0 Å². The number of nitrogens with one attached hydrogen (secondary N) is 1. The third kappa shape index (κ3) is 2.94. The smallest absolute Gasteiger partial charge is 0.161 e. The molecule has 0 spiro atoms. The van der Waals surface area contributed by atoms with Crippen LogP contribution in [-0.4, -0.2) is 14.6 Å². The molecule has 130 valence electrons. The normalized spacial score (nSPS) is 11.1. The second-order valence-electron chi connectivity index (χ2n) is 6.86. The maximum Gasteiger partial charge on any atom is 0.161 e. The summed E-state index contributed by atoms with van der Waals surface area (Å²) in [5, 5.41) is 8.38. The van der Waals surface area contributed by atoms with Gasteiger partial charge in [0.25, 0.3) is 0 Å². The first-order chi connectivity index (χ1) is 12.5. The largest absolute Gasteiger partial charge is 0.340 e. The maximum atomic E-state index is 4.86. The molecule has 0 aliphatic rings. The highest BCUT2D eigenvalue weighted by molar-refractivity contribution is 5.72. The molecule has 0 amide bonds. The Morgan fingerprint density at radius 3 is 2.23 bits per heavy atom. The van der Waals surface area contributed by atoms with Crippen LogP contribution in [0.2, 0.25) is 0 Å². The van der Waals surface area contributed by atoms with Crippen LogP contribution in [0.15, 0.2) is 54.6 Å². The quantitative estimate of drug-likeness (QED) is 0.544. The van der Waals surface area contributed by atoms with Crippen LogP contribution in [0.5, 0.6) is 0 Å². The molecule has 0 radical (unpaired) electrons. The lowest BCUT2D eigenvalue weighted by atomic mass is 10.1. The lowest BCUT2D eigenvalue weighted by molar-refractivity contribution is 0.941. The Bertz CT molecular complexity index is 1070. The molecule has 2 aromatic heterocycles. The van der Waals surface area contributed by atoms with Crippen LogP contribution in [0.1, 0.15) is 22.4 Å². The summed E-state index contributed by atoms with van der Waals surface area (Å²) >= 11 is 0. The van der Waals surface area contributed by atoms with Crippen molar-refractivity contribution in [2.45, 2.75) is 27.7 Å². The first-order valence-electron chi connectivity index (χ1n) is 8.79. The predicted octanol–water partition coefficient (Wildman–Crippen LogP) is 5.37. The summed E-state index contributed by atoms with van der Waals surface area (Å²) in [6.07, 6.45) is 0. The first-order valence-corrected chi connectivity index (χ1v) is 8.79. The van der Waals surface area contributed by atoms with Gasteiger partial charge in [0.1, 0.15) is 5.82 Å². The fraction of sp³-hybridized carbons (Fsp3) is 0.182. The zero-order valence-electron chi connectivity index (χ0n) is 15.5. The number of benzene rings is 2.